The minimum absolute atomic E-state index is 0.0532. The van der Waals surface area contributed by atoms with Gasteiger partial charge in [-0.2, -0.15) is 0 Å². The van der Waals surface area contributed by atoms with Crippen LogP contribution in [0, 0.1) is 5.92 Å². The van der Waals surface area contributed by atoms with Gasteiger partial charge in [-0.3, -0.25) is 4.79 Å². The van der Waals surface area contributed by atoms with Gasteiger partial charge in [-0.1, -0.05) is 87.6 Å². The number of carbonyl (C=O) groups excluding carboxylic acids is 1. The maximum Gasteiger partial charge on any atom is 0.312 e. The summed E-state index contributed by atoms with van der Waals surface area (Å²) in [6.07, 6.45) is 6.62. The van der Waals surface area contributed by atoms with E-state index in [-0.39, 0.29) is 6.42 Å². The van der Waals surface area contributed by atoms with Crippen LogP contribution in [0.25, 0.3) is 0 Å². The molecule has 3 unspecified atom stereocenters. The number of hydrogen-bond donors (Lipinski definition) is 2. The molecule has 3 aliphatic rings. The van der Waals surface area contributed by atoms with Gasteiger partial charge in [-0.05, 0) is 52.9 Å². The highest BCUT2D eigenvalue weighted by Gasteiger charge is 2.62. The van der Waals surface area contributed by atoms with Gasteiger partial charge in [-0.25, -0.2) is 0 Å². The summed E-state index contributed by atoms with van der Waals surface area (Å²) >= 11 is 0. The van der Waals surface area contributed by atoms with E-state index < -0.39 is 23.1 Å². The normalized spacial score (nSPS) is 23.6. The van der Waals surface area contributed by atoms with E-state index in [0.717, 1.165) is 19.3 Å². The van der Waals surface area contributed by atoms with Crippen molar-refractivity contribution in [3.8, 4) is 11.5 Å². The van der Waals surface area contributed by atoms with Gasteiger partial charge in [0.25, 0.3) is 0 Å². The Kier molecular flexibility index (Phi) is 6.87. The predicted molar refractivity (Wildman–Crippen MR) is 138 cm³/mol. The number of unbranched alkanes of at least 4 members (excludes halogenated alkanes) is 5. The molecule has 6 rings (SSSR count). The zero-order valence-electron chi connectivity index (χ0n) is 20.8. The summed E-state index contributed by atoms with van der Waals surface area (Å²) in [7, 11) is 0. The second-order valence-electron chi connectivity index (χ2n) is 9.99. The molecule has 0 amide bonds. The molecule has 0 aliphatic heterocycles. The lowest BCUT2D eigenvalue weighted by molar-refractivity contribution is -0.167. The maximum atomic E-state index is 13.3. The van der Waals surface area contributed by atoms with Crippen molar-refractivity contribution < 1.29 is 24.5 Å². The van der Waals surface area contributed by atoms with E-state index in [1.165, 1.54) is 19.3 Å². The molecule has 2 bridgehead atoms. The molecule has 3 aliphatic carbocycles. The Balaban J connectivity index is 1.42. The molecule has 0 radical (unpaired) electrons. The van der Waals surface area contributed by atoms with Gasteiger partial charge in [0.2, 0.25) is 0 Å². The Hall–Kier alpha value is -3.15. The number of fused-ring (bicyclic) bond motifs is 1. The lowest BCUT2D eigenvalue weighted by atomic mass is 9.54. The molecule has 188 valence electrons. The van der Waals surface area contributed by atoms with Crippen molar-refractivity contribution in [2.75, 3.05) is 6.61 Å². The zero-order chi connectivity index (χ0) is 25.2. The first-order valence-corrected chi connectivity index (χ1v) is 13.1. The summed E-state index contributed by atoms with van der Waals surface area (Å²) < 4.78 is 11.7. The molecule has 0 aromatic heterocycles. The molecule has 0 heterocycles. The molecule has 3 aromatic carbocycles. The third-order valence-corrected chi connectivity index (χ3v) is 7.64. The van der Waals surface area contributed by atoms with E-state index in [1.807, 2.05) is 48.5 Å². The molecule has 0 fully saturated rings. The van der Waals surface area contributed by atoms with E-state index in [1.54, 1.807) is 24.3 Å². The molecular formula is C31H34O5. The van der Waals surface area contributed by atoms with Crippen molar-refractivity contribution in [1.82, 2.24) is 0 Å². The predicted octanol–water partition coefficient (Wildman–Crippen LogP) is 6.19. The number of benzene rings is 3. The third kappa shape index (κ3) is 4.21. The minimum Gasteiger partial charge on any atom is -0.465 e. The summed E-state index contributed by atoms with van der Waals surface area (Å²) in [6.45, 7) is 2.51. The van der Waals surface area contributed by atoms with Gasteiger partial charge < -0.3 is 19.7 Å². The molecular weight excluding hydrogens is 452 g/mol. The van der Waals surface area contributed by atoms with Gasteiger partial charge >= 0.3 is 5.97 Å². The van der Waals surface area contributed by atoms with Crippen LogP contribution in [0.1, 0.15) is 74.1 Å². The fraction of sp³-hybridized carbons (Fsp3) is 0.387. The van der Waals surface area contributed by atoms with Gasteiger partial charge in [0, 0.05) is 6.42 Å². The molecule has 5 heteroatoms. The molecule has 3 aromatic rings. The Morgan fingerprint density at radius 3 is 2.25 bits per heavy atom. The standard InChI is InChI=1S/C31H34O5/c1-2-3-4-5-6-12-19-35-29(32)28-21-30(33)24-15-10-11-16-25(24)31(28,34)26-18-17-23(20-27(26)30)36-22-13-8-7-9-14-22/h7-11,13-18,20,28,33-34H,2-6,12,19,21H2,1H3. The number of hydrogen-bond acceptors (Lipinski definition) is 5. The van der Waals surface area contributed by atoms with Crippen molar-refractivity contribution in [3.05, 3.63) is 95.1 Å². The van der Waals surface area contributed by atoms with Crippen LogP contribution in [0.4, 0.5) is 0 Å². The highest BCUT2D eigenvalue weighted by molar-refractivity contribution is 5.79. The largest absolute Gasteiger partial charge is 0.465 e. The smallest absolute Gasteiger partial charge is 0.312 e. The van der Waals surface area contributed by atoms with Crippen LogP contribution >= 0.6 is 0 Å². The highest BCUT2D eigenvalue weighted by Crippen LogP contribution is 2.60. The van der Waals surface area contributed by atoms with Crippen LogP contribution in [0.2, 0.25) is 0 Å². The quantitative estimate of drug-likeness (QED) is 0.264. The van der Waals surface area contributed by atoms with Gasteiger partial charge in [-0.15, -0.1) is 0 Å². The Morgan fingerprint density at radius 1 is 0.806 bits per heavy atom. The Morgan fingerprint density at radius 2 is 1.47 bits per heavy atom. The van der Waals surface area contributed by atoms with E-state index in [4.69, 9.17) is 9.47 Å². The number of ether oxygens (including phenoxy) is 2. The van der Waals surface area contributed by atoms with Crippen LogP contribution < -0.4 is 4.74 Å². The van der Waals surface area contributed by atoms with Gasteiger partial charge in [0.1, 0.15) is 22.7 Å². The zero-order valence-corrected chi connectivity index (χ0v) is 20.8. The maximum absolute atomic E-state index is 13.3. The van der Waals surface area contributed by atoms with Crippen molar-refractivity contribution in [3.63, 3.8) is 0 Å². The van der Waals surface area contributed by atoms with E-state index in [2.05, 4.69) is 6.92 Å². The number of esters is 1. The van der Waals surface area contributed by atoms with Crippen molar-refractivity contribution in [1.29, 1.82) is 0 Å². The minimum atomic E-state index is -1.58. The fourth-order valence-corrected chi connectivity index (χ4v) is 5.80. The first-order valence-electron chi connectivity index (χ1n) is 13.1. The van der Waals surface area contributed by atoms with E-state index in [9.17, 15) is 15.0 Å². The van der Waals surface area contributed by atoms with E-state index in [0.29, 0.717) is 40.4 Å². The van der Waals surface area contributed by atoms with Crippen molar-refractivity contribution in [2.24, 2.45) is 5.92 Å². The topological polar surface area (TPSA) is 76.0 Å². The molecule has 0 saturated heterocycles. The molecule has 0 saturated carbocycles. The summed E-state index contributed by atoms with van der Waals surface area (Å²) in [6, 6.07) is 22.0. The molecule has 36 heavy (non-hydrogen) atoms. The first-order chi connectivity index (χ1) is 17.5. The fourth-order valence-electron chi connectivity index (χ4n) is 5.80. The number of carbonyl (C=O) groups is 1. The first kappa shape index (κ1) is 24.5. The monoisotopic (exact) mass is 486 g/mol. The molecule has 5 nitrogen and oxygen atoms in total. The molecule has 3 atom stereocenters. The average molecular weight is 487 g/mol. The van der Waals surface area contributed by atoms with Crippen molar-refractivity contribution >= 4 is 5.97 Å². The Bertz CT molecular complexity index is 1220. The van der Waals surface area contributed by atoms with Gasteiger partial charge in [0.05, 0.1) is 12.5 Å². The lowest BCUT2D eigenvalue weighted by Crippen LogP contribution is -2.57. The lowest BCUT2D eigenvalue weighted by Gasteiger charge is -2.53. The van der Waals surface area contributed by atoms with E-state index >= 15 is 0 Å². The van der Waals surface area contributed by atoms with Crippen molar-refractivity contribution in [2.45, 2.75) is 63.1 Å². The molecule has 0 spiro atoms. The number of rotatable bonds is 10. The summed E-state index contributed by atoms with van der Waals surface area (Å²) in [5.74, 6) is -0.120. The summed E-state index contributed by atoms with van der Waals surface area (Å²) in [5.41, 5.74) is -0.744. The van der Waals surface area contributed by atoms with Gasteiger partial charge in [0.15, 0.2) is 0 Å². The van der Waals surface area contributed by atoms with Crippen LogP contribution in [-0.4, -0.2) is 22.8 Å². The average Bonchev–Trinajstić information content (AvgIpc) is 2.90. The highest BCUT2D eigenvalue weighted by atomic mass is 16.5. The second kappa shape index (κ2) is 10.1. The summed E-state index contributed by atoms with van der Waals surface area (Å²) in [5, 5.41) is 24.3. The molecule has 2 N–H and O–H groups in total. The van der Waals surface area contributed by atoms with Crippen LogP contribution in [0.15, 0.2) is 72.8 Å². The second-order valence-corrected chi connectivity index (χ2v) is 9.99. The van der Waals surface area contributed by atoms with Crippen LogP contribution in [-0.2, 0) is 20.7 Å². The Labute approximate surface area is 212 Å². The third-order valence-electron chi connectivity index (χ3n) is 7.64. The van der Waals surface area contributed by atoms with Crippen LogP contribution in [0.3, 0.4) is 0 Å². The SMILES string of the molecule is CCCCCCCCOC(=O)C1CC2(O)c3ccccc3C1(O)c1ccc(Oc3ccccc3)cc12. The summed E-state index contributed by atoms with van der Waals surface area (Å²) in [4.78, 5) is 13.3. The number of para-hydroxylation sites is 1. The number of aliphatic hydroxyl groups is 2. The van der Waals surface area contributed by atoms with Crippen LogP contribution in [0.5, 0.6) is 11.5 Å².